The molecule has 0 radical (unpaired) electrons. The fourth-order valence-electron chi connectivity index (χ4n) is 1.62. The summed E-state index contributed by atoms with van der Waals surface area (Å²) in [5, 5.41) is 6.12. The van der Waals surface area contributed by atoms with Gasteiger partial charge in [0.05, 0.1) is 13.2 Å². The van der Waals surface area contributed by atoms with Gasteiger partial charge in [0.1, 0.15) is 0 Å². The second kappa shape index (κ2) is 7.79. The Morgan fingerprint density at radius 3 is 2.58 bits per heavy atom. The maximum atomic E-state index is 11.8. The number of nitrogens with one attached hydrogen (secondary N) is 2. The second-order valence-electron chi connectivity index (χ2n) is 5.04. The van der Waals surface area contributed by atoms with Gasteiger partial charge in [-0.2, -0.15) is 0 Å². The highest BCUT2D eigenvalue weighted by Gasteiger charge is 2.10. The zero-order valence-electron chi connectivity index (χ0n) is 12.2. The van der Waals surface area contributed by atoms with Crippen molar-refractivity contribution in [3.63, 3.8) is 0 Å². The van der Waals surface area contributed by atoms with Crippen LogP contribution in [0.3, 0.4) is 0 Å². The van der Waals surface area contributed by atoms with E-state index in [1.54, 1.807) is 7.11 Å². The van der Waals surface area contributed by atoms with E-state index in [2.05, 4.69) is 24.5 Å². The molecular formula is C15H24N2O2. The maximum Gasteiger partial charge on any atom is 0.239 e. The highest BCUT2D eigenvalue weighted by molar-refractivity contribution is 5.81. The third kappa shape index (κ3) is 5.30. The van der Waals surface area contributed by atoms with Gasteiger partial charge in [0.15, 0.2) is 0 Å². The Bertz CT molecular complexity index is 405. The lowest BCUT2D eigenvalue weighted by Gasteiger charge is -2.18. The fraction of sp³-hybridized carbons (Fsp3) is 0.533. The smallest absolute Gasteiger partial charge is 0.239 e. The lowest BCUT2D eigenvalue weighted by atomic mass is 10.1. The van der Waals surface area contributed by atoms with Crippen LogP contribution >= 0.6 is 0 Å². The summed E-state index contributed by atoms with van der Waals surface area (Å²) in [4.78, 5) is 11.8. The molecule has 106 valence electrons. The quantitative estimate of drug-likeness (QED) is 0.795. The molecule has 1 atom stereocenters. The van der Waals surface area contributed by atoms with Gasteiger partial charge in [0.25, 0.3) is 0 Å². The van der Waals surface area contributed by atoms with Gasteiger partial charge in [0, 0.05) is 24.4 Å². The molecule has 1 rings (SSSR count). The lowest BCUT2D eigenvalue weighted by Crippen LogP contribution is -2.39. The van der Waals surface area contributed by atoms with Crippen LogP contribution in [0.4, 0.5) is 5.69 Å². The molecule has 1 aromatic carbocycles. The van der Waals surface area contributed by atoms with Crippen LogP contribution in [0.5, 0.6) is 0 Å². The highest BCUT2D eigenvalue weighted by atomic mass is 16.5. The van der Waals surface area contributed by atoms with Crippen molar-refractivity contribution in [3.8, 4) is 0 Å². The number of hydrogen-bond acceptors (Lipinski definition) is 3. The van der Waals surface area contributed by atoms with E-state index in [0.717, 1.165) is 11.3 Å². The fourth-order valence-corrected chi connectivity index (χ4v) is 1.62. The summed E-state index contributed by atoms with van der Waals surface area (Å²) in [6, 6.07) is 8.02. The minimum atomic E-state index is 0.00780. The minimum absolute atomic E-state index is 0.00780. The monoisotopic (exact) mass is 264 g/mol. The number of carbonyl (C=O) groups excluding carboxylic acids is 1. The third-order valence-electron chi connectivity index (χ3n) is 3.15. The van der Waals surface area contributed by atoms with E-state index in [0.29, 0.717) is 12.5 Å². The predicted octanol–water partition coefficient (Wildman–Crippen LogP) is 2.41. The Morgan fingerprint density at radius 2 is 1.95 bits per heavy atom. The molecule has 0 spiro atoms. The van der Waals surface area contributed by atoms with Crippen LogP contribution in [0.15, 0.2) is 24.3 Å². The molecule has 0 aliphatic carbocycles. The molecule has 1 amide bonds. The van der Waals surface area contributed by atoms with E-state index >= 15 is 0 Å². The summed E-state index contributed by atoms with van der Waals surface area (Å²) in [6.07, 6.45) is 0. The number of carbonyl (C=O) groups is 1. The Morgan fingerprint density at radius 1 is 1.26 bits per heavy atom. The molecule has 0 aliphatic rings. The zero-order chi connectivity index (χ0) is 14.3. The zero-order valence-corrected chi connectivity index (χ0v) is 12.2. The Balaban J connectivity index is 2.50. The average Bonchev–Trinajstić information content (AvgIpc) is 2.38. The van der Waals surface area contributed by atoms with Gasteiger partial charge in [-0.1, -0.05) is 32.0 Å². The first kappa shape index (κ1) is 15.5. The summed E-state index contributed by atoms with van der Waals surface area (Å²) in [6.45, 7) is 7.00. The van der Waals surface area contributed by atoms with E-state index < -0.39 is 0 Å². The first-order valence-electron chi connectivity index (χ1n) is 6.64. The Hall–Kier alpha value is -1.55. The first-order valence-corrected chi connectivity index (χ1v) is 6.64. The van der Waals surface area contributed by atoms with Crippen molar-refractivity contribution >= 4 is 11.6 Å². The van der Waals surface area contributed by atoms with E-state index in [4.69, 9.17) is 4.74 Å². The first-order chi connectivity index (χ1) is 9.04. The van der Waals surface area contributed by atoms with Crippen molar-refractivity contribution in [2.24, 2.45) is 5.92 Å². The number of ether oxygens (including phenoxy) is 1. The van der Waals surface area contributed by atoms with Gasteiger partial charge in [-0.15, -0.1) is 0 Å². The third-order valence-corrected chi connectivity index (χ3v) is 3.15. The van der Waals surface area contributed by atoms with Crippen molar-refractivity contribution < 1.29 is 9.53 Å². The van der Waals surface area contributed by atoms with Gasteiger partial charge in [-0.3, -0.25) is 4.79 Å². The molecule has 0 saturated heterocycles. The van der Waals surface area contributed by atoms with Crippen LogP contribution in [0.2, 0.25) is 0 Å². The normalized spacial score (nSPS) is 12.3. The van der Waals surface area contributed by atoms with Gasteiger partial charge in [-0.05, 0) is 18.9 Å². The molecule has 4 heteroatoms. The molecule has 0 fully saturated rings. The van der Waals surface area contributed by atoms with Crippen LogP contribution in [0, 0.1) is 5.92 Å². The van der Waals surface area contributed by atoms with Crippen molar-refractivity contribution in [3.05, 3.63) is 29.8 Å². The predicted molar refractivity (Wildman–Crippen MR) is 78.1 cm³/mol. The molecule has 4 nitrogen and oxygen atoms in total. The van der Waals surface area contributed by atoms with Crippen LogP contribution in [-0.4, -0.2) is 25.6 Å². The number of amides is 1. The maximum absolute atomic E-state index is 11.8. The molecule has 2 N–H and O–H groups in total. The second-order valence-corrected chi connectivity index (χ2v) is 5.04. The molecule has 1 aromatic rings. The number of benzene rings is 1. The summed E-state index contributed by atoms with van der Waals surface area (Å²) in [5.74, 6) is 0.443. The van der Waals surface area contributed by atoms with Crippen molar-refractivity contribution in [2.75, 3.05) is 19.0 Å². The number of methoxy groups -OCH3 is 1. The van der Waals surface area contributed by atoms with Crippen LogP contribution in [0.25, 0.3) is 0 Å². The van der Waals surface area contributed by atoms with Crippen LogP contribution in [-0.2, 0) is 16.1 Å². The van der Waals surface area contributed by atoms with E-state index in [9.17, 15) is 4.79 Å². The summed E-state index contributed by atoms with van der Waals surface area (Å²) in [7, 11) is 1.66. The van der Waals surface area contributed by atoms with Gasteiger partial charge in [0.2, 0.25) is 5.91 Å². The standard InChI is InChI=1S/C15H24N2O2/c1-11(2)12(3)17-15(18)9-16-14-8-6-5-7-13(14)10-19-4/h5-8,11-12,16H,9-10H2,1-4H3,(H,17,18). The minimum Gasteiger partial charge on any atom is -0.380 e. The molecule has 0 saturated carbocycles. The summed E-state index contributed by atoms with van der Waals surface area (Å²) < 4.78 is 5.13. The lowest BCUT2D eigenvalue weighted by molar-refractivity contribution is -0.120. The molecule has 0 heterocycles. The number of hydrogen-bond donors (Lipinski definition) is 2. The molecule has 0 bridgehead atoms. The van der Waals surface area contributed by atoms with Gasteiger partial charge < -0.3 is 15.4 Å². The SMILES string of the molecule is COCc1ccccc1NCC(=O)NC(C)C(C)C. The topological polar surface area (TPSA) is 50.4 Å². The molecule has 0 aliphatic heterocycles. The molecule has 0 aromatic heterocycles. The number of anilines is 1. The average molecular weight is 264 g/mol. The van der Waals surface area contributed by atoms with Crippen LogP contribution in [0.1, 0.15) is 26.3 Å². The molecular weight excluding hydrogens is 240 g/mol. The van der Waals surface area contributed by atoms with Gasteiger partial charge in [-0.25, -0.2) is 0 Å². The highest BCUT2D eigenvalue weighted by Crippen LogP contribution is 2.15. The Kier molecular flexibility index (Phi) is 6.36. The van der Waals surface area contributed by atoms with E-state index in [1.807, 2.05) is 31.2 Å². The molecule has 19 heavy (non-hydrogen) atoms. The van der Waals surface area contributed by atoms with Crippen molar-refractivity contribution in [1.29, 1.82) is 0 Å². The van der Waals surface area contributed by atoms with Crippen molar-refractivity contribution in [1.82, 2.24) is 5.32 Å². The molecule has 1 unspecified atom stereocenters. The number of para-hydroxylation sites is 1. The van der Waals surface area contributed by atoms with E-state index in [1.165, 1.54) is 0 Å². The van der Waals surface area contributed by atoms with Gasteiger partial charge >= 0.3 is 0 Å². The summed E-state index contributed by atoms with van der Waals surface area (Å²) in [5.41, 5.74) is 1.99. The van der Waals surface area contributed by atoms with Crippen LogP contribution < -0.4 is 10.6 Å². The number of rotatable bonds is 7. The van der Waals surface area contributed by atoms with E-state index in [-0.39, 0.29) is 18.5 Å². The summed E-state index contributed by atoms with van der Waals surface area (Å²) >= 11 is 0. The Labute approximate surface area is 115 Å². The largest absolute Gasteiger partial charge is 0.380 e. The van der Waals surface area contributed by atoms with Crippen molar-refractivity contribution in [2.45, 2.75) is 33.4 Å².